The van der Waals surface area contributed by atoms with Gasteiger partial charge >= 0.3 is 12.3 Å². The number of esters is 1. The van der Waals surface area contributed by atoms with Crippen molar-refractivity contribution in [2.24, 2.45) is 0 Å². The molecule has 6 nitrogen and oxygen atoms in total. The molecule has 19 heavy (non-hydrogen) atoms. The standard InChI is InChI=1S/C10H10F3NO5/c1-3-18-9(16)5-4-6(19-10(11,12)13)14-8(15)7(5)17-2/h4H,3H2,1-2H3,(H,14,15). The van der Waals surface area contributed by atoms with Crippen LogP contribution in [0.1, 0.15) is 17.3 Å². The molecule has 106 valence electrons. The molecule has 0 saturated carbocycles. The fraction of sp³-hybridized carbons (Fsp3) is 0.400. The molecule has 1 N–H and O–H groups in total. The molecule has 1 heterocycles. The van der Waals surface area contributed by atoms with Crippen LogP contribution in [0.4, 0.5) is 13.2 Å². The summed E-state index contributed by atoms with van der Waals surface area (Å²) in [5.74, 6) is -2.37. The normalized spacial score (nSPS) is 11.0. The van der Waals surface area contributed by atoms with Crippen molar-refractivity contribution < 1.29 is 32.2 Å². The van der Waals surface area contributed by atoms with Gasteiger partial charge in [-0.1, -0.05) is 0 Å². The number of aromatic nitrogens is 1. The van der Waals surface area contributed by atoms with E-state index >= 15 is 0 Å². The molecule has 9 heteroatoms. The Morgan fingerprint density at radius 3 is 2.53 bits per heavy atom. The number of halogens is 3. The van der Waals surface area contributed by atoms with Crippen LogP contribution in [0.2, 0.25) is 0 Å². The number of pyridine rings is 1. The number of carbonyl (C=O) groups excluding carboxylic acids is 1. The van der Waals surface area contributed by atoms with Gasteiger partial charge in [0.25, 0.3) is 5.56 Å². The maximum atomic E-state index is 12.0. The van der Waals surface area contributed by atoms with E-state index in [1.54, 1.807) is 4.98 Å². The molecule has 0 atom stereocenters. The lowest BCUT2D eigenvalue weighted by Gasteiger charge is -2.11. The Labute approximate surface area is 105 Å². The molecule has 0 unspecified atom stereocenters. The zero-order valence-electron chi connectivity index (χ0n) is 9.96. The van der Waals surface area contributed by atoms with E-state index in [4.69, 9.17) is 0 Å². The molecule has 0 aromatic carbocycles. The Bertz CT molecular complexity index is 523. The van der Waals surface area contributed by atoms with E-state index < -0.39 is 35.1 Å². The second kappa shape index (κ2) is 5.63. The highest BCUT2D eigenvalue weighted by Gasteiger charge is 2.32. The van der Waals surface area contributed by atoms with Gasteiger partial charge in [-0.2, -0.15) is 0 Å². The molecule has 0 bridgehead atoms. The highest BCUT2D eigenvalue weighted by molar-refractivity contribution is 5.92. The molecule has 0 radical (unpaired) electrons. The van der Waals surface area contributed by atoms with Crippen molar-refractivity contribution in [1.29, 1.82) is 0 Å². The van der Waals surface area contributed by atoms with Crippen molar-refractivity contribution in [3.8, 4) is 11.6 Å². The smallest absolute Gasteiger partial charge is 0.490 e. The molecule has 0 fully saturated rings. The quantitative estimate of drug-likeness (QED) is 0.845. The third-order valence-corrected chi connectivity index (χ3v) is 1.89. The van der Waals surface area contributed by atoms with Gasteiger partial charge in [-0.25, -0.2) is 4.79 Å². The molecule has 1 aromatic rings. The Kier molecular flexibility index (Phi) is 4.41. The Morgan fingerprint density at radius 1 is 1.42 bits per heavy atom. The van der Waals surface area contributed by atoms with Crippen molar-refractivity contribution in [1.82, 2.24) is 4.98 Å². The van der Waals surface area contributed by atoms with Crippen LogP contribution in [0.5, 0.6) is 11.6 Å². The van der Waals surface area contributed by atoms with Crippen LogP contribution < -0.4 is 15.0 Å². The van der Waals surface area contributed by atoms with E-state index in [2.05, 4.69) is 14.2 Å². The molecule has 0 aliphatic carbocycles. The first-order valence-electron chi connectivity index (χ1n) is 5.02. The second-order valence-electron chi connectivity index (χ2n) is 3.18. The van der Waals surface area contributed by atoms with E-state index in [-0.39, 0.29) is 6.61 Å². The lowest BCUT2D eigenvalue weighted by molar-refractivity contribution is -0.276. The summed E-state index contributed by atoms with van der Waals surface area (Å²) in [6, 6.07) is 0.686. The van der Waals surface area contributed by atoms with Gasteiger partial charge in [-0.05, 0) is 6.92 Å². The second-order valence-corrected chi connectivity index (χ2v) is 3.18. The fourth-order valence-corrected chi connectivity index (χ4v) is 1.27. The minimum atomic E-state index is -5.00. The van der Waals surface area contributed by atoms with E-state index in [0.29, 0.717) is 6.07 Å². The summed E-state index contributed by atoms with van der Waals surface area (Å²) >= 11 is 0. The minimum absolute atomic E-state index is 0.00967. The summed E-state index contributed by atoms with van der Waals surface area (Å²) in [7, 11) is 1.09. The van der Waals surface area contributed by atoms with Crippen LogP contribution in [0.3, 0.4) is 0 Å². The zero-order valence-corrected chi connectivity index (χ0v) is 9.96. The molecule has 0 amide bonds. The van der Waals surface area contributed by atoms with Gasteiger partial charge in [0.2, 0.25) is 5.88 Å². The topological polar surface area (TPSA) is 77.6 Å². The zero-order chi connectivity index (χ0) is 14.6. The van der Waals surface area contributed by atoms with E-state index in [0.717, 1.165) is 7.11 Å². The summed E-state index contributed by atoms with van der Waals surface area (Å²) in [6.45, 7) is 1.49. The predicted molar refractivity (Wildman–Crippen MR) is 56.3 cm³/mol. The van der Waals surface area contributed by atoms with Crippen molar-refractivity contribution in [3.05, 3.63) is 22.0 Å². The number of H-pyrrole nitrogens is 1. The third-order valence-electron chi connectivity index (χ3n) is 1.89. The summed E-state index contributed by atoms with van der Waals surface area (Å²) in [4.78, 5) is 24.7. The molecule has 0 aliphatic heterocycles. The number of alkyl halides is 3. The van der Waals surface area contributed by atoms with Gasteiger partial charge in [-0.3, -0.25) is 9.78 Å². The third kappa shape index (κ3) is 3.90. The van der Waals surface area contributed by atoms with Crippen LogP contribution in [0.25, 0.3) is 0 Å². The first-order chi connectivity index (χ1) is 8.78. The highest BCUT2D eigenvalue weighted by Crippen LogP contribution is 2.24. The lowest BCUT2D eigenvalue weighted by Crippen LogP contribution is -2.22. The average Bonchev–Trinajstić information content (AvgIpc) is 2.26. The Morgan fingerprint density at radius 2 is 2.05 bits per heavy atom. The van der Waals surface area contributed by atoms with Gasteiger partial charge in [0.15, 0.2) is 5.75 Å². The molecular formula is C10H10F3NO5. The molecule has 1 aromatic heterocycles. The van der Waals surface area contributed by atoms with E-state index in [9.17, 15) is 22.8 Å². The predicted octanol–water partition coefficient (Wildman–Crippen LogP) is 1.46. The van der Waals surface area contributed by atoms with Gasteiger partial charge in [-0.15, -0.1) is 13.2 Å². The van der Waals surface area contributed by atoms with Crippen LogP contribution in [0, 0.1) is 0 Å². The van der Waals surface area contributed by atoms with E-state index in [1.807, 2.05) is 0 Å². The number of nitrogens with one attached hydrogen (secondary N) is 1. The molecule has 0 saturated heterocycles. The Hall–Kier alpha value is -2.19. The monoisotopic (exact) mass is 281 g/mol. The summed E-state index contributed by atoms with van der Waals surface area (Å²) in [6.07, 6.45) is -5.00. The number of aromatic amines is 1. The minimum Gasteiger partial charge on any atom is -0.490 e. The first kappa shape index (κ1) is 14.9. The number of hydrogen-bond donors (Lipinski definition) is 1. The van der Waals surface area contributed by atoms with Crippen molar-refractivity contribution in [2.45, 2.75) is 13.3 Å². The number of carbonyl (C=O) groups is 1. The largest absolute Gasteiger partial charge is 0.574 e. The molecule has 0 spiro atoms. The van der Waals surface area contributed by atoms with Crippen molar-refractivity contribution >= 4 is 5.97 Å². The first-order valence-corrected chi connectivity index (χ1v) is 5.02. The highest BCUT2D eigenvalue weighted by atomic mass is 19.4. The maximum Gasteiger partial charge on any atom is 0.574 e. The van der Waals surface area contributed by atoms with Crippen LogP contribution >= 0.6 is 0 Å². The van der Waals surface area contributed by atoms with Gasteiger partial charge in [0.1, 0.15) is 5.56 Å². The van der Waals surface area contributed by atoms with Crippen LogP contribution in [-0.4, -0.2) is 31.0 Å². The number of rotatable bonds is 4. The summed E-state index contributed by atoms with van der Waals surface area (Å²) < 4.78 is 48.9. The van der Waals surface area contributed by atoms with Crippen LogP contribution in [-0.2, 0) is 4.74 Å². The van der Waals surface area contributed by atoms with Crippen molar-refractivity contribution in [3.63, 3.8) is 0 Å². The Balaban J connectivity index is 3.26. The molecule has 0 aliphatic rings. The van der Waals surface area contributed by atoms with E-state index in [1.165, 1.54) is 6.92 Å². The lowest BCUT2D eigenvalue weighted by atomic mass is 10.2. The number of ether oxygens (including phenoxy) is 3. The maximum absolute atomic E-state index is 12.0. The fourth-order valence-electron chi connectivity index (χ4n) is 1.27. The summed E-state index contributed by atoms with van der Waals surface area (Å²) in [5.41, 5.74) is -1.49. The number of hydrogen-bond acceptors (Lipinski definition) is 5. The van der Waals surface area contributed by atoms with Gasteiger partial charge in [0.05, 0.1) is 13.7 Å². The molecule has 1 rings (SSSR count). The van der Waals surface area contributed by atoms with Gasteiger partial charge in [0, 0.05) is 6.07 Å². The van der Waals surface area contributed by atoms with Crippen LogP contribution in [0.15, 0.2) is 10.9 Å². The number of methoxy groups -OCH3 is 1. The SMILES string of the molecule is CCOC(=O)c1cc(OC(F)(F)F)[nH]c(=O)c1OC. The molecular weight excluding hydrogens is 271 g/mol. The average molecular weight is 281 g/mol. The van der Waals surface area contributed by atoms with Crippen molar-refractivity contribution in [2.75, 3.05) is 13.7 Å². The summed E-state index contributed by atoms with van der Waals surface area (Å²) in [5, 5.41) is 0. The van der Waals surface area contributed by atoms with Gasteiger partial charge < -0.3 is 14.2 Å².